The van der Waals surface area contributed by atoms with Crippen LogP contribution < -0.4 is 0 Å². The van der Waals surface area contributed by atoms with E-state index in [4.69, 9.17) is 28.6 Å². The highest BCUT2D eigenvalue weighted by Gasteiger charge is 2.03. The number of hydrogen-bond donors (Lipinski definition) is 1. The number of aliphatic imine (C=N–C) groups is 1. The van der Waals surface area contributed by atoms with E-state index in [9.17, 15) is 0 Å². The lowest BCUT2D eigenvalue weighted by Gasteiger charge is -1.99. The predicted octanol–water partition coefficient (Wildman–Crippen LogP) is 2.97. The zero-order valence-corrected chi connectivity index (χ0v) is 8.07. The Balaban J connectivity index is 4.10. The second-order valence-electron chi connectivity index (χ2n) is 2.07. The van der Waals surface area contributed by atoms with Gasteiger partial charge in [0.1, 0.15) is 5.17 Å². The summed E-state index contributed by atoms with van der Waals surface area (Å²) in [5.41, 5.74) is 0.494. The molecule has 0 aliphatic carbocycles. The Hall–Kier alpha value is -0.600. The molecule has 0 rings (SSSR count). The van der Waals surface area contributed by atoms with Gasteiger partial charge < -0.3 is 5.41 Å². The molecule has 4 heteroatoms. The molecule has 0 aromatic carbocycles. The van der Waals surface area contributed by atoms with Crippen LogP contribution in [0.2, 0.25) is 0 Å². The van der Waals surface area contributed by atoms with E-state index in [1.165, 1.54) is 6.08 Å². The van der Waals surface area contributed by atoms with Crippen molar-refractivity contribution in [3.63, 3.8) is 0 Å². The summed E-state index contributed by atoms with van der Waals surface area (Å²) in [4.78, 5) is 3.87. The Morgan fingerprint density at radius 2 is 2.25 bits per heavy atom. The molecule has 0 aliphatic heterocycles. The summed E-state index contributed by atoms with van der Waals surface area (Å²) in [7, 11) is 0. The molecule has 0 saturated carbocycles. The number of nitrogens with one attached hydrogen (secondary N) is 1. The lowest BCUT2D eigenvalue weighted by atomic mass is 10.3. The molecule has 0 aromatic heterocycles. The van der Waals surface area contributed by atoms with Crippen molar-refractivity contribution in [1.29, 1.82) is 5.41 Å². The molecule has 0 spiro atoms. The van der Waals surface area contributed by atoms with E-state index in [-0.39, 0.29) is 0 Å². The monoisotopic (exact) mass is 204 g/mol. The molecule has 0 radical (unpaired) electrons. The van der Waals surface area contributed by atoms with Crippen LogP contribution in [-0.4, -0.2) is 16.8 Å². The molecule has 0 amide bonds. The van der Waals surface area contributed by atoms with Gasteiger partial charge in [-0.3, -0.25) is 0 Å². The fraction of sp³-hybridized carbons (Fsp3) is 0.250. The summed E-state index contributed by atoms with van der Waals surface area (Å²) in [5, 5.41) is 6.75. The first-order chi connectivity index (χ1) is 5.60. The van der Waals surface area contributed by atoms with Gasteiger partial charge in [-0.2, -0.15) is 0 Å². The van der Waals surface area contributed by atoms with Crippen molar-refractivity contribution in [2.45, 2.75) is 11.8 Å². The van der Waals surface area contributed by atoms with Crippen LogP contribution in [0.25, 0.3) is 0 Å². The van der Waals surface area contributed by atoms with E-state index < -0.39 is 5.38 Å². The van der Waals surface area contributed by atoms with Crippen LogP contribution in [0.3, 0.4) is 0 Å². The van der Waals surface area contributed by atoms with Crippen LogP contribution in [0.5, 0.6) is 0 Å². The second-order valence-corrected chi connectivity index (χ2v) is 3.07. The molecule has 0 bridgehead atoms. The van der Waals surface area contributed by atoms with Gasteiger partial charge in [0.15, 0.2) is 0 Å². The maximum Gasteiger partial charge on any atom is 0.108 e. The van der Waals surface area contributed by atoms with Crippen molar-refractivity contribution >= 4 is 34.6 Å². The average molecular weight is 205 g/mol. The van der Waals surface area contributed by atoms with Crippen LogP contribution in [0.1, 0.15) is 6.42 Å². The fourth-order valence-electron chi connectivity index (χ4n) is 0.467. The molecule has 1 unspecified atom stereocenters. The van der Waals surface area contributed by atoms with Gasteiger partial charge in [0.25, 0.3) is 0 Å². The largest absolute Gasteiger partial charge is 0.312 e. The minimum atomic E-state index is -0.404. The number of halogens is 2. The minimum absolute atomic E-state index is 0.336. The van der Waals surface area contributed by atoms with Crippen LogP contribution in [0, 0.1) is 5.41 Å². The zero-order valence-electron chi connectivity index (χ0n) is 6.56. The Labute approximate surface area is 82.1 Å². The highest BCUT2D eigenvalue weighted by atomic mass is 35.5. The van der Waals surface area contributed by atoms with Gasteiger partial charge >= 0.3 is 0 Å². The number of alkyl halides is 1. The van der Waals surface area contributed by atoms with E-state index in [2.05, 4.69) is 18.2 Å². The van der Waals surface area contributed by atoms with Crippen LogP contribution in [0.15, 0.2) is 29.9 Å². The normalized spacial score (nSPS) is 13.7. The molecule has 12 heavy (non-hydrogen) atoms. The van der Waals surface area contributed by atoms with Crippen molar-refractivity contribution in [2.75, 3.05) is 0 Å². The van der Waals surface area contributed by atoms with Gasteiger partial charge in [-0.1, -0.05) is 24.8 Å². The van der Waals surface area contributed by atoms with E-state index >= 15 is 0 Å². The molecule has 0 saturated heterocycles. The van der Waals surface area contributed by atoms with Crippen LogP contribution in [0.4, 0.5) is 0 Å². The maximum atomic E-state index is 6.82. The first-order valence-corrected chi connectivity index (χ1v) is 4.10. The number of hydrogen-bond acceptors (Lipinski definition) is 2. The van der Waals surface area contributed by atoms with Gasteiger partial charge in [-0.25, -0.2) is 4.99 Å². The molecule has 0 aromatic rings. The maximum absolute atomic E-state index is 6.82. The lowest BCUT2D eigenvalue weighted by molar-refractivity contribution is 1.17. The molecule has 1 atom stereocenters. The van der Waals surface area contributed by atoms with Crippen molar-refractivity contribution in [2.24, 2.45) is 4.99 Å². The third-order valence-corrected chi connectivity index (χ3v) is 1.56. The SMILES string of the molecule is C=CC(=C)N=C(Cl)CC(Cl)C=N. The van der Waals surface area contributed by atoms with Gasteiger partial charge in [0.2, 0.25) is 0 Å². The Morgan fingerprint density at radius 3 is 2.67 bits per heavy atom. The molecular weight excluding hydrogens is 195 g/mol. The fourth-order valence-corrected chi connectivity index (χ4v) is 0.967. The second kappa shape index (κ2) is 5.98. The van der Waals surface area contributed by atoms with Gasteiger partial charge in [-0.05, 0) is 6.08 Å². The molecular formula is C8H10Cl2N2. The van der Waals surface area contributed by atoms with Gasteiger partial charge in [0, 0.05) is 12.6 Å². The van der Waals surface area contributed by atoms with E-state index in [0.717, 1.165) is 6.21 Å². The average Bonchev–Trinajstić information content (AvgIpc) is 2.03. The van der Waals surface area contributed by atoms with Gasteiger partial charge in [0.05, 0.1) is 11.1 Å². The standard InChI is InChI=1S/C8H10Cl2N2/c1-3-6(2)12-8(10)4-7(9)5-11/h3,5,7,11H,1-2,4H2. The molecule has 0 aliphatic rings. The number of nitrogens with zero attached hydrogens (tertiary/aromatic N) is 1. The van der Waals surface area contributed by atoms with Crippen LogP contribution >= 0.6 is 23.2 Å². The van der Waals surface area contributed by atoms with Gasteiger partial charge in [-0.15, -0.1) is 11.6 Å². The summed E-state index contributed by atoms with van der Waals surface area (Å²) in [6.07, 6.45) is 2.95. The van der Waals surface area contributed by atoms with Crippen LogP contribution in [-0.2, 0) is 0 Å². The molecule has 0 fully saturated rings. The molecule has 66 valence electrons. The summed E-state index contributed by atoms with van der Waals surface area (Å²) >= 11 is 11.3. The summed E-state index contributed by atoms with van der Waals surface area (Å²) < 4.78 is 0. The highest BCUT2D eigenvalue weighted by Crippen LogP contribution is 2.06. The summed E-state index contributed by atoms with van der Waals surface area (Å²) in [6, 6.07) is 0. The van der Waals surface area contributed by atoms with E-state index in [0.29, 0.717) is 17.3 Å². The Morgan fingerprint density at radius 1 is 1.67 bits per heavy atom. The summed E-state index contributed by atoms with van der Waals surface area (Å²) in [6.45, 7) is 7.03. The summed E-state index contributed by atoms with van der Waals surface area (Å²) in [5.74, 6) is 0. The smallest absolute Gasteiger partial charge is 0.108 e. The topological polar surface area (TPSA) is 36.2 Å². The lowest BCUT2D eigenvalue weighted by Crippen LogP contribution is -2.03. The third kappa shape index (κ3) is 5.10. The first-order valence-electron chi connectivity index (χ1n) is 3.29. The van der Waals surface area contributed by atoms with E-state index in [1.54, 1.807) is 0 Å². The van der Waals surface area contributed by atoms with Crippen molar-refractivity contribution in [3.05, 3.63) is 24.9 Å². The number of rotatable bonds is 5. The Kier molecular flexibility index (Phi) is 5.68. The van der Waals surface area contributed by atoms with Crippen molar-refractivity contribution in [3.8, 4) is 0 Å². The van der Waals surface area contributed by atoms with Crippen molar-refractivity contribution in [1.82, 2.24) is 0 Å². The highest BCUT2D eigenvalue weighted by molar-refractivity contribution is 6.66. The molecule has 1 N–H and O–H groups in total. The predicted molar refractivity (Wildman–Crippen MR) is 55.7 cm³/mol. The molecule has 0 heterocycles. The molecule has 2 nitrogen and oxygen atoms in total. The quantitative estimate of drug-likeness (QED) is 0.407. The zero-order chi connectivity index (χ0) is 9.56. The van der Waals surface area contributed by atoms with E-state index in [1.807, 2.05) is 0 Å². The minimum Gasteiger partial charge on any atom is -0.312 e. The number of allylic oxidation sites excluding steroid dienone is 1. The van der Waals surface area contributed by atoms with Crippen molar-refractivity contribution < 1.29 is 0 Å². The Bertz CT molecular complexity index is 221. The first kappa shape index (κ1) is 11.4. The third-order valence-electron chi connectivity index (χ3n) is 1.04.